The molecule has 1 aromatic rings. The number of benzene rings is 1. The van der Waals surface area contributed by atoms with Crippen LogP contribution in [0.4, 0.5) is 0 Å². The van der Waals surface area contributed by atoms with E-state index in [9.17, 15) is 0 Å². The molecule has 0 aliphatic heterocycles. The summed E-state index contributed by atoms with van der Waals surface area (Å²) in [6, 6.07) is 10.4. The summed E-state index contributed by atoms with van der Waals surface area (Å²) in [5.41, 5.74) is 1.20. The van der Waals surface area contributed by atoms with E-state index in [-0.39, 0.29) is 5.41 Å². The van der Waals surface area contributed by atoms with Crippen LogP contribution >= 0.6 is 23.2 Å². The fourth-order valence-corrected chi connectivity index (χ4v) is 3.28. The first kappa shape index (κ1) is 14.9. The Morgan fingerprint density at radius 1 is 1.12 bits per heavy atom. The summed E-state index contributed by atoms with van der Waals surface area (Å²) >= 11 is 12.4. The fraction of sp³-hybridized carbons (Fsp3) is 0.600. The van der Waals surface area contributed by atoms with Gasteiger partial charge < -0.3 is 0 Å². The number of hydrogen-bond acceptors (Lipinski definition) is 0. The molecule has 0 N–H and O–H groups in total. The molecule has 96 valence electrons. The Balaban J connectivity index is 2.89. The Morgan fingerprint density at radius 3 is 2.18 bits per heavy atom. The van der Waals surface area contributed by atoms with E-state index in [1.165, 1.54) is 18.4 Å². The zero-order valence-electron chi connectivity index (χ0n) is 10.8. The highest BCUT2D eigenvalue weighted by molar-refractivity contribution is 6.22. The molecule has 1 rings (SSSR count). The molecular formula is C15H22Cl2. The average molecular weight is 273 g/mol. The summed E-state index contributed by atoms with van der Waals surface area (Å²) in [5, 5.41) is 0. The molecule has 0 aliphatic carbocycles. The van der Waals surface area contributed by atoms with Gasteiger partial charge in [-0.2, -0.15) is 0 Å². The van der Waals surface area contributed by atoms with Gasteiger partial charge in [-0.15, -0.1) is 23.2 Å². The van der Waals surface area contributed by atoms with E-state index in [4.69, 9.17) is 23.2 Å². The van der Waals surface area contributed by atoms with Crippen LogP contribution in [0.2, 0.25) is 0 Å². The monoisotopic (exact) mass is 272 g/mol. The van der Waals surface area contributed by atoms with E-state index in [1.54, 1.807) is 0 Å². The lowest BCUT2D eigenvalue weighted by Gasteiger charge is -2.33. The van der Waals surface area contributed by atoms with Crippen LogP contribution in [-0.2, 0) is 5.41 Å². The molecule has 0 nitrogen and oxygen atoms in total. The second-order valence-corrected chi connectivity index (χ2v) is 5.55. The smallest absolute Gasteiger partial charge is 0.0332 e. The summed E-state index contributed by atoms with van der Waals surface area (Å²) in [7, 11) is 0. The van der Waals surface area contributed by atoms with E-state index >= 15 is 0 Å². The molecule has 0 bridgehead atoms. The van der Waals surface area contributed by atoms with E-state index in [0.717, 1.165) is 6.42 Å². The zero-order chi connectivity index (χ0) is 12.7. The highest BCUT2D eigenvalue weighted by atomic mass is 35.5. The van der Waals surface area contributed by atoms with Crippen molar-refractivity contribution < 1.29 is 0 Å². The second-order valence-electron chi connectivity index (χ2n) is 5.01. The minimum atomic E-state index is -0.0705. The summed E-state index contributed by atoms with van der Waals surface area (Å²) in [4.78, 5) is 0. The van der Waals surface area contributed by atoms with Gasteiger partial charge in [0.1, 0.15) is 0 Å². The lowest BCUT2D eigenvalue weighted by atomic mass is 9.76. The lowest BCUT2D eigenvalue weighted by Crippen LogP contribution is -2.32. The molecular weight excluding hydrogens is 251 g/mol. The zero-order valence-corrected chi connectivity index (χ0v) is 12.3. The average Bonchev–Trinajstić information content (AvgIpc) is 2.37. The Kier molecular flexibility index (Phi) is 6.37. The highest BCUT2D eigenvalue weighted by Gasteiger charge is 2.31. The predicted octanol–water partition coefficient (Wildman–Crippen LogP) is 5.23. The quantitative estimate of drug-likeness (QED) is 0.597. The topological polar surface area (TPSA) is 0 Å². The summed E-state index contributed by atoms with van der Waals surface area (Å²) < 4.78 is 0. The molecule has 0 amide bonds. The van der Waals surface area contributed by atoms with Gasteiger partial charge in [0.25, 0.3) is 0 Å². The van der Waals surface area contributed by atoms with Crippen molar-refractivity contribution in [2.45, 2.75) is 38.5 Å². The molecule has 0 aliphatic rings. The van der Waals surface area contributed by atoms with Crippen LogP contribution in [0.3, 0.4) is 0 Å². The van der Waals surface area contributed by atoms with E-state index in [2.05, 4.69) is 38.1 Å². The number of halogens is 2. The molecule has 0 radical (unpaired) electrons. The first-order valence-electron chi connectivity index (χ1n) is 6.36. The molecule has 2 heteroatoms. The first-order chi connectivity index (χ1) is 8.18. The Hall–Kier alpha value is -0.200. The van der Waals surface area contributed by atoms with Gasteiger partial charge in [-0.05, 0) is 17.9 Å². The number of alkyl halides is 2. The number of rotatable bonds is 7. The Bertz CT molecular complexity index is 304. The third-order valence-corrected chi connectivity index (χ3v) is 4.44. The van der Waals surface area contributed by atoms with Crippen LogP contribution in [-0.4, -0.2) is 11.8 Å². The third kappa shape index (κ3) is 3.89. The summed E-state index contributed by atoms with van der Waals surface area (Å²) in [6.07, 6.45) is 3.52. The van der Waals surface area contributed by atoms with Crippen molar-refractivity contribution in [3.63, 3.8) is 0 Å². The Labute approximate surface area is 115 Å². The Morgan fingerprint density at radius 2 is 1.71 bits per heavy atom. The van der Waals surface area contributed by atoms with Crippen molar-refractivity contribution in [2.24, 2.45) is 5.92 Å². The van der Waals surface area contributed by atoms with E-state index in [1.807, 2.05) is 6.07 Å². The van der Waals surface area contributed by atoms with Crippen molar-refractivity contribution in [3.05, 3.63) is 35.9 Å². The predicted molar refractivity (Wildman–Crippen MR) is 78.2 cm³/mol. The maximum atomic E-state index is 6.22. The summed E-state index contributed by atoms with van der Waals surface area (Å²) in [5.74, 6) is 1.85. The second kappa shape index (κ2) is 7.28. The standard InChI is InChI=1S/C15H22Cl2/c1-3-7-13(2)10-15(11-16,12-17)14-8-5-4-6-9-14/h4-6,8-9,13H,3,7,10-12H2,1-2H3. The van der Waals surface area contributed by atoms with Crippen LogP contribution in [0.25, 0.3) is 0 Å². The number of hydrogen-bond donors (Lipinski definition) is 0. The molecule has 1 aromatic carbocycles. The summed E-state index contributed by atoms with van der Waals surface area (Å²) in [6.45, 7) is 4.52. The lowest BCUT2D eigenvalue weighted by molar-refractivity contribution is 0.368. The molecule has 0 aromatic heterocycles. The van der Waals surface area contributed by atoms with Crippen molar-refractivity contribution in [3.8, 4) is 0 Å². The van der Waals surface area contributed by atoms with Crippen molar-refractivity contribution in [1.82, 2.24) is 0 Å². The van der Waals surface area contributed by atoms with Gasteiger partial charge in [-0.1, -0.05) is 57.0 Å². The van der Waals surface area contributed by atoms with Crippen LogP contribution in [0.5, 0.6) is 0 Å². The highest BCUT2D eigenvalue weighted by Crippen LogP contribution is 2.35. The third-order valence-electron chi connectivity index (χ3n) is 3.42. The van der Waals surface area contributed by atoms with Gasteiger partial charge >= 0.3 is 0 Å². The van der Waals surface area contributed by atoms with Crippen LogP contribution in [0.15, 0.2) is 30.3 Å². The van der Waals surface area contributed by atoms with Gasteiger partial charge in [-0.3, -0.25) is 0 Å². The normalized spacial score (nSPS) is 13.6. The molecule has 0 heterocycles. The van der Waals surface area contributed by atoms with E-state index < -0.39 is 0 Å². The maximum Gasteiger partial charge on any atom is 0.0332 e. The largest absolute Gasteiger partial charge is 0.126 e. The minimum Gasteiger partial charge on any atom is -0.126 e. The SMILES string of the molecule is CCCC(C)CC(CCl)(CCl)c1ccccc1. The molecule has 1 unspecified atom stereocenters. The van der Waals surface area contributed by atoms with Gasteiger partial charge in [-0.25, -0.2) is 0 Å². The molecule has 1 atom stereocenters. The molecule has 0 saturated heterocycles. The minimum absolute atomic E-state index is 0.0705. The first-order valence-corrected chi connectivity index (χ1v) is 7.43. The van der Waals surface area contributed by atoms with Gasteiger partial charge in [0, 0.05) is 17.2 Å². The van der Waals surface area contributed by atoms with Gasteiger partial charge in [0.2, 0.25) is 0 Å². The molecule has 17 heavy (non-hydrogen) atoms. The molecule has 0 fully saturated rings. The maximum absolute atomic E-state index is 6.22. The van der Waals surface area contributed by atoms with Gasteiger partial charge in [0.15, 0.2) is 0 Å². The van der Waals surface area contributed by atoms with Crippen molar-refractivity contribution in [1.29, 1.82) is 0 Å². The fourth-order valence-electron chi connectivity index (χ4n) is 2.47. The van der Waals surface area contributed by atoms with Crippen LogP contribution in [0.1, 0.15) is 38.7 Å². The molecule has 0 saturated carbocycles. The molecule has 0 spiro atoms. The van der Waals surface area contributed by atoms with Crippen LogP contribution < -0.4 is 0 Å². The van der Waals surface area contributed by atoms with Gasteiger partial charge in [0.05, 0.1) is 0 Å². The van der Waals surface area contributed by atoms with Crippen LogP contribution in [0, 0.1) is 5.92 Å². The van der Waals surface area contributed by atoms with E-state index in [0.29, 0.717) is 17.7 Å². The van der Waals surface area contributed by atoms with Crippen molar-refractivity contribution >= 4 is 23.2 Å². The van der Waals surface area contributed by atoms with Crippen molar-refractivity contribution in [2.75, 3.05) is 11.8 Å².